The van der Waals surface area contributed by atoms with Gasteiger partial charge in [-0.05, 0) is 6.42 Å². The van der Waals surface area contributed by atoms with E-state index in [2.05, 4.69) is 5.32 Å². The summed E-state index contributed by atoms with van der Waals surface area (Å²) in [7, 11) is 0. The molecular weight excluding hydrogens is 157 g/mol. The van der Waals surface area contributed by atoms with Crippen LogP contribution in [-0.4, -0.2) is 24.5 Å². The Labute approximate surface area is 72.5 Å². The van der Waals surface area contributed by atoms with Gasteiger partial charge in [-0.15, -0.1) is 0 Å². The van der Waals surface area contributed by atoms with Crippen molar-refractivity contribution in [3.05, 3.63) is 0 Å². The van der Waals surface area contributed by atoms with Gasteiger partial charge in [0.05, 0.1) is 6.04 Å². The van der Waals surface area contributed by atoms with Crippen molar-refractivity contribution in [1.29, 1.82) is 0 Å². The van der Waals surface area contributed by atoms with E-state index in [1.54, 1.807) is 0 Å². The summed E-state index contributed by atoms with van der Waals surface area (Å²) in [5.41, 5.74) is 0. The number of Topliss-reactive ketones (excluding diaryl/α,β-unsaturated/α-hetero) is 1. The van der Waals surface area contributed by atoms with Crippen molar-refractivity contribution in [2.24, 2.45) is 5.92 Å². The number of hydrogen-bond acceptors (Lipinski definition) is 2. The van der Waals surface area contributed by atoms with Gasteiger partial charge in [-0.3, -0.25) is 4.79 Å². The second-order valence-electron chi connectivity index (χ2n) is 3.51. The van der Waals surface area contributed by atoms with Crippen LogP contribution in [0.1, 0.15) is 26.7 Å². The summed E-state index contributed by atoms with van der Waals surface area (Å²) >= 11 is 0. The number of ketones is 1. The number of nitrogens with one attached hydrogen (secondary N) is 1. The molecule has 3 heteroatoms. The van der Waals surface area contributed by atoms with E-state index in [1.807, 2.05) is 13.8 Å². The largest absolute Gasteiger partial charge is 0.304 e. The normalized spacial score (nSPS) is 31.9. The minimum Gasteiger partial charge on any atom is -0.304 e. The maximum absolute atomic E-state index is 12.7. The molecule has 0 aromatic carbocycles. The highest BCUT2D eigenvalue weighted by Gasteiger charge is 2.30. The minimum absolute atomic E-state index is 0.0628. The summed E-state index contributed by atoms with van der Waals surface area (Å²) < 4.78 is 12.7. The van der Waals surface area contributed by atoms with Gasteiger partial charge in [0, 0.05) is 18.9 Å². The fourth-order valence-corrected chi connectivity index (χ4v) is 1.45. The van der Waals surface area contributed by atoms with Gasteiger partial charge >= 0.3 is 0 Å². The number of carbonyl (C=O) groups excluding carboxylic acids is 1. The van der Waals surface area contributed by atoms with E-state index in [0.717, 1.165) is 6.42 Å². The lowest BCUT2D eigenvalue weighted by molar-refractivity contribution is -0.124. The van der Waals surface area contributed by atoms with Crippen LogP contribution >= 0.6 is 0 Å². The number of hydrogen-bond donors (Lipinski definition) is 1. The molecule has 0 bridgehead atoms. The fraction of sp³-hybridized carbons (Fsp3) is 0.889. The maximum Gasteiger partial charge on any atom is 0.152 e. The van der Waals surface area contributed by atoms with Crippen LogP contribution in [0.2, 0.25) is 0 Å². The van der Waals surface area contributed by atoms with Crippen molar-refractivity contribution < 1.29 is 9.18 Å². The summed E-state index contributed by atoms with van der Waals surface area (Å²) in [4.78, 5) is 11.5. The molecule has 70 valence electrons. The number of alkyl halides is 1. The predicted molar refractivity (Wildman–Crippen MR) is 45.8 cm³/mol. The predicted octanol–water partition coefficient (Wildman–Crippen LogP) is 1.30. The van der Waals surface area contributed by atoms with Gasteiger partial charge in [-0.2, -0.15) is 0 Å². The summed E-state index contributed by atoms with van der Waals surface area (Å²) in [6, 6.07) is -0.227. The summed E-state index contributed by atoms with van der Waals surface area (Å²) in [6.45, 7) is 4.22. The Morgan fingerprint density at radius 2 is 2.42 bits per heavy atom. The first-order valence-electron chi connectivity index (χ1n) is 4.56. The molecule has 3 atom stereocenters. The van der Waals surface area contributed by atoms with E-state index in [4.69, 9.17) is 0 Å². The molecule has 0 radical (unpaired) electrons. The lowest BCUT2D eigenvalue weighted by atomic mass is 9.96. The molecule has 1 aliphatic rings. The summed E-state index contributed by atoms with van der Waals surface area (Å²) in [6.07, 6.45) is 0.375. The van der Waals surface area contributed by atoms with Gasteiger partial charge < -0.3 is 5.32 Å². The standard InChI is InChI=1S/C9H16FNO/c1-3-6(2)9(12)8-4-7(10)5-11-8/h6-8,11H,3-5H2,1-2H3/t6?,7-,8+/m1/s1. The second-order valence-corrected chi connectivity index (χ2v) is 3.51. The van der Waals surface area contributed by atoms with E-state index in [-0.39, 0.29) is 17.7 Å². The molecule has 0 amide bonds. The Balaban J connectivity index is 2.43. The average molecular weight is 173 g/mol. The molecule has 0 saturated carbocycles. The van der Waals surface area contributed by atoms with E-state index >= 15 is 0 Å². The Kier molecular flexibility index (Phi) is 3.20. The molecule has 1 saturated heterocycles. The summed E-state index contributed by atoms with van der Waals surface area (Å²) in [5.74, 6) is 0.227. The van der Waals surface area contributed by atoms with Crippen molar-refractivity contribution >= 4 is 5.78 Å². The third-order valence-electron chi connectivity index (χ3n) is 2.52. The van der Waals surface area contributed by atoms with E-state index < -0.39 is 6.17 Å². The smallest absolute Gasteiger partial charge is 0.152 e. The molecule has 0 aliphatic carbocycles. The van der Waals surface area contributed by atoms with Crippen molar-refractivity contribution in [2.45, 2.75) is 38.9 Å². The van der Waals surface area contributed by atoms with Crippen LogP contribution in [0, 0.1) is 5.92 Å². The Morgan fingerprint density at radius 1 is 1.75 bits per heavy atom. The third kappa shape index (κ3) is 2.03. The quantitative estimate of drug-likeness (QED) is 0.697. The number of rotatable bonds is 3. The van der Waals surface area contributed by atoms with Gasteiger partial charge in [-0.25, -0.2) is 4.39 Å². The topological polar surface area (TPSA) is 29.1 Å². The summed E-state index contributed by atoms with van der Waals surface area (Å²) in [5, 5.41) is 2.90. The molecule has 2 nitrogen and oxygen atoms in total. The molecule has 1 unspecified atom stereocenters. The maximum atomic E-state index is 12.7. The molecule has 0 spiro atoms. The van der Waals surface area contributed by atoms with Gasteiger partial charge in [0.25, 0.3) is 0 Å². The van der Waals surface area contributed by atoms with Crippen LogP contribution in [0.3, 0.4) is 0 Å². The van der Waals surface area contributed by atoms with Crippen molar-refractivity contribution in [3.63, 3.8) is 0 Å². The van der Waals surface area contributed by atoms with Crippen LogP contribution < -0.4 is 5.32 Å². The van der Waals surface area contributed by atoms with Gasteiger partial charge in [0.1, 0.15) is 6.17 Å². The van der Waals surface area contributed by atoms with Crippen LogP contribution in [-0.2, 0) is 4.79 Å². The molecular formula is C9H16FNO. The first kappa shape index (κ1) is 9.65. The van der Waals surface area contributed by atoms with Gasteiger partial charge in [-0.1, -0.05) is 13.8 Å². The number of carbonyl (C=O) groups is 1. The lowest BCUT2D eigenvalue weighted by Gasteiger charge is -2.13. The van der Waals surface area contributed by atoms with Crippen LogP contribution in [0.15, 0.2) is 0 Å². The van der Waals surface area contributed by atoms with E-state index in [0.29, 0.717) is 13.0 Å². The molecule has 1 fully saturated rings. The Bertz CT molecular complexity index is 172. The zero-order chi connectivity index (χ0) is 9.14. The van der Waals surface area contributed by atoms with E-state index in [1.165, 1.54) is 0 Å². The highest BCUT2D eigenvalue weighted by Crippen LogP contribution is 2.15. The van der Waals surface area contributed by atoms with Crippen LogP contribution in [0.4, 0.5) is 4.39 Å². The van der Waals surface area contributed by atoms with E-state index in [9.17, 15) is 9.18 Å². The van der Waals surface area contributed by atoms with Gasteiger partial charge in [0.15, 0.2) is 5.78 Å². The zero-order valence-corrected chi connectivity index (χ0v) is 7.64. The minimum atomic E-state index is -0.831. The second kappa shape index (κ2) is 3.99. The Morgan fingerprint density at radius 3 is 2.83 bits per heavy atom. The van der Waals surface area contributed by atoms with Crippen LogP contribution in [0.25, 0.3) is 0 Å². The fourth-order valence-electron chi connectivity index (χ4n) is 1.45. The zero-order valence-electron chi connectivity index (χ0n) is 7.64. The molecule has 0 aromatic heterocycles. The van der Waals surface area contributed by atoms with Crippen LogP contribution in [0.5, 0.6) is 0 Å². The molecule has 1 N–H and O–H groups in total. The number of halogens is 1. The molecule has 12 heavy (non-hydrogen) atoms. The molecule has 0 aromatic rings. The first-order valence-corrected chi connectivity index (χ1v) is 4.56. The van der Waals surface area contributed by atoms with Gasteiger partial charge in [0.2, 0.25) is 0 Å². The highest BCUT2D eigenvalue weighted by molar-refractivity contribution is 5.86. The molecule has 1 heterocycles. The Hall–Kier alpha value is -0.440. The molecule has 1 aliphatic heterocycles. The highest BCUT2D eigenvalue weighted by atomic mass is 19.1. The SMILES string of the molecule is CCC(C)C(=O)[C@@H]1C[C@@H](F)CN1. The van der Waals surface area contributed by atoms with Crippen molar-refractivity contribution in [2.75, 3.05) is 6.54 Å². The monoisotopic (exact) mass is 173 g/mol. The average Bonchev–Trinajstić information content (AvgIpc) is 2.49. The third-order valence-corrected chi connectivity index (χ3v) is 2.52. The first-order chi connectivity index (χ1) is 5.65. The molecule has 1 rings (SSSR count). The van der Waals surface area contributed by atoms with Crippen molar-refractivity contribution in [1.82, 2.24) is 5.32 Å². The van der Waals surface area contributed by atoms with Crippen molar-refractivity contribution in [3.8, 4) is 0 Å². The lowest BCUT2D eigenvalue weighted by Crippen LogP contribution is -2.34.